The monoisotopic (exact) mass is 216 g/mol. The Labute approximate surface area is 98.3 Å². The molecule has 0 bridgehead atoms. The largest absolute Gasteiger partial charge is 0.383 e. The molecular formula is C14H20N2. The van der Waals surface area contributed by atoms with Crippen molar-refractivity contribution in [2.75, 3.05) is 5.32 Å². The third-order valence-corrected chi connectivity index (χ3v) is 2.65. The van der Waals surface area contributed by atoms with Crippen molar-refractivity contribution in [3.8, 4) is 6.07 Å². The Morgan fingerprint density at radius 3 is 2.88 bits per heavy atom. The van der Waals surface area contributed by atoms with Gasteiger partial charge in [-0.05, 0) is 31.5 Å². The van der Waals surface area contributed by atoms with Crippen LogP contribution in [0.5, 0.6) is 0 Å². The number of nitrogens with one attached hydrogen (secondary N) is 1. The van der Waals surface area contributed by atoms with E-state index in [0.29, 0.717) is 11.6 Å². The van der Waals surface area contributed by atoms with E-state index in [9.17, 15) is 0 Å². The molecule has 1 unspecified atom stereocenters. The van der Waals surface area contributed by atoms with E-state index in [0.717, 1.165) is 5.69 Å². The average molecular weight is 216 g/mol. The van der Waals surface area contributed by atoms with Crippen LogP contribution in [0.25, 0.3) is 0 Å². The second kappa shape index (κ2) is 6.90. The minimum atomic E-state index is 0.473. The lowest BCUT2D eigenvalue weighted by Crippen LogP contribution is -2.14. The number of nitriles is 1. The number of nitrogens with zero attached hydrogens (tertiary/aromatic N) is 1. The molecule has 0 aliphatic heterocycles. The van der Waals surface area contributed by atoms with E-state index in [4.69, 9.17) is 5.26 Å². The molecule has 1 aromatic rings. The van der Waals surface area contributed by atoms with Crippen LogP contribution in [-0.4, -0.2) is 6.04 Å². The summed E-state index contributed by atoms with van der Waals surface area (Å²) in [6.07, 6.45) is 5.01. The van der Waals surface area contributed by atoms with Crippen molar-refractivity contribution in [3.05, 3.63) is 29.8 Å². The van der Waals surface area contributed by atoms with E-state index < -0.39 is 0 Å². The van der Waals surface area contributed by atoms with Crippen molar-refractivity contribution >= 4 is 5.69 Å². The lowest BCUT2D eigenvalue weighted by molar-refractivity contribution is 0.615. The number of anilines is 1. The molecule has 86 valence electrons. The first kappa shape index (κ1) is 12.6. The third-order valence-electron chi connectivity index (χ3n) is 2.65. The maximum Gasteiger partial charge on any atom is 0.0992 e. The Hall–Kier alpha value is -1.49. The van der Waals surface area contributed by atoms with Crippen molar-refractivity contribution in [2.45, 2.75) is 45.6 Å². The summed E-state index contributed by atoms with van der Waals surface area (Å²) in [5.74, 6) is 0. The highest BCUT2D eigenvalue weighted by atomic mass is 14.9. The van der Waals surface area contributed by atoms with Gasteiger partial charge in [-0.3, -0.25) is 0 Å². The Kier molecular flexibility index (Phi) is 5.42. The van der Waals surface area contributed by atoms with Crippen molar-refractivity contribution in [2.24, 2.45) is 0 Å². The van der Waals surface area contributed by atoms with Gasteiger partial charge in [-0.15, -0.1) is 0 Å². The standard InChI is InChI=1S/C14H20N2/c1-3-4-5-7-12(2)16-14-9-6-8-13(10-14)11-15/h6,8-10,12,16H,3-5,7H2,1-2H3. The van der Waals surface area contributed by atoms with Crippen LogP contribution < -0.4 is 5.32 Å². The number of hydrogen-bond acceptors (Lipinski definition) is 2. The lowest BCUT2D eigenvalue weighted by atomic mass is 10.1. The minimum Gasteiger partial charge on any atom is -0.383 e. The number of unbranched alkanes of at least 4 members (excludes halogenated alkanes) is 2. The minimum absolute atomic E-state index is 0.473. The Balaban J connectivity index is 2.43. The van der Waals surface area contributed by atoms with Gasteiger partial charge in [0.25, 0.3) is 0 Å². The SMILES string of the molecule is CCCCCC(C)Nc1cccc(C#N)c1. The van der Waals surface area contributed by atoms with Crippen molar-refractivity contribution in [1.29, 1.82) is 5.26 Å². The molecule has 0 saturated heterocycles. The average Bonchev–Trinajstić information content (AvgIpc) is 2.29. The van der Waals surface area contributed by atoms with Crippen LogP contribution in [0.2, 0.25) is 0 Å². The first-order valence-corrected chi connectivity index (χ1v) is 6.03. The van der Waals surface area contributed by atoms with E-state index in [1.807, 2.05) is 24.3 Å². The van der Waals surface area contributed by atoms with Crippen LogP contribution in [-0.2, 0) is 0 Å². The highest BCUT2D eigenvalue weighted by Crippen LogP contribution is 2.13. The molecule has 0 fully saturated rings. The zero-order chi connectivity index (χ0) is 11.8. The first-order chi connectivity index (χ1) is 7.76. The normalized spacial score (nSPS) is 11.8. The fraction of sp³-hybridized carbons (Fsp3) is 0.500. The molecule has 2 heteroatoms. The van der Waals surface area contributed by atoms with Crippen LogP contribution in [0.1, 0.15) is 45.1 Å². The zero-order valence-electron chi connectivity index (χ0n) is 10.2. The summed E-state index contributed by atoms with van der Waals surface area (Å²) in [4.78, 5) is 0. The molecule has 0 amide bonds. The number of hydrogen-bond donors (Lipinski definition) is 1. The molecule has 0 heterocycles. The van der Waals surface area contributed by atoms with Crippen LogP contribution in [0, 0.1) is 11.3 Å². The van der Waals surface area contributed by atoms with Gasteiger partial charge in [0.05, 0.1) is 11.6 Å². The molecule has 0 spiro atoms. The second-order valence-electron chi connectivity index (χ2n) is 4.23. The molecule has 1 aromatic carbocycles. The smallest absolute Gasteiger partial charge is 0.0992 e. The molecular weight excluding hydrogens is 196 g/mol. The molecule has 0 saturated carbocycles. The Morgan fingerprint density at radius 1 is 1.38 bits per heavy atom. The third kappa shape index (κ3) is 4.35. The van der Waals surface area contributed by atoms with E-state index >= 15 is 0 Å². The molecule has 0 aliphatic rings. The molecule has 0 radical (unpaired) electrons. The van der Waals surface area contributed by atoms with E-state index in [-0.39, 0.29) is 0 Å². The molecule has 16 heavy (non-hydrogen) atoms. The quantitative estimate of drug-likeness (QED) is 0.731. The molecule has 0 aromatic heterocycles. The van der Waals surface area contributed by atoms with Crippen LogP contribution >= 0.6 is 0 Å². The van der Waals surface area contributed by atoms with Crippen molar-refractivity contribution in [1.82, 2.24) is 0 Å². The van der Waals surface area contributed by atoms with Crippen LogP contribution in [0.3, 0.4) is 0 Å². The molecule has 1 N–H and O–H groups in total. The molecule has 0 aliphatic carbocycles. The number of benzene rings is 1. The van der Waals surface area contributed by atoms with Gasteiger partial charge in [-0.2, -0.15) is 5.26 Å². The zero-order valence-corrected chi connectivity index (χ0v) is 10.2. The van der Waals surface area contributed by atoms with Crippen molar-refractivity contribution < 1.29 is 0 Å². The highest BCUT2D eigenvalue weighted by Gasteiger charge is 2.01. The summed E-state index contributed by atoms with van der Waals surface area (Å²) in [7, 11) is 0. The van der Waals surface area contributed by atoms with Gasteiger partial charge in [0.2, 0.25) is 0 Å². The van der Waals surface area contributed by atoms with E-state index in [1.54, 1.807) is 0 Å². The summed E-state index contributed by atoms with van der Waals surface area (Å²) >= 11 is 0. The fourth-order valence-electron chi connectivity index (χ4n) is 1.74. The molecule has 2 nitrogen and oxygen atoms in total. The highest BCUT2D eigenvalue weighted by molar-refractivity contribution is 5.49. The van der Waals surface area contributed by atoms with Gasteiger partial charge >= 0.3 is 0 Å². The van der Waals surface area contributed by atoms with Crippen molar-refractivity contribution in [3.63, 3.8) is 0 Å². The predicted molar refractivity (Wildman–Crippen MR) is 68.4 cm³/mol. The van der Waals surface area contributed by atoms with E-state index in [1.165, 1.54) is 25.7 Å². The Bertz CT molecular complexity index is 352. The topological polar surface area (TPSA) is 35.8 Å². The Morgan fingerprint density at radius 2 is 2.19 bits per heavy atom. The van der Waals surface area contributed by atoms with Gasteiger partial charge in [0.15, 0.2) is 0 Å². The summed E-state index contributed by atoms with van der Waals surface area (Å²) in [6.45, 7) is 4.41. The molecule has 1 rings (SSSR count). The summed E-state index contributed by atoms with van der Waals surface area (Å²) in [5, 5.41) is 12.2. The second-order valence-corrected chi connectivity index (χ2v) is 4.23. The van der Waals surface area contributed by atoms with Crippen LogP contribution in [0.4, 0.5) is 5.69 Å². The van der Waals surface area contributed by atoms with Gasteiger partial charge in [0.1, 0.15) is 0 Å². The first-order valence-electron chi connectivity index (χ1n) is 6.03. The fourth-order valence-corrected chi connectivity index (χ4v) is 1.74. The molecule has 1 atom stereocenters. The summed E-state index contributed by atoms with van der Waals surface area (Å²) < 4.78 is 0. The maximum absolute atomic E-state index is 8.79. The summed E-state index contributed by atoms with van der Waals surface area (Å²) in [5.41, 5.74) is 1.76. The van der Waals surface area contributed by atoms with Gasteiger partial charge < -0.3 is 5.32 Å². The number of rotatable bonds is 6. The summed E-state index contributed by atoms with van der Waals surface area (Å²) in [6, 6.07) is 10.3. The van der Waals surface area contributed by atoms with Gasteiger partial charge in [0, 0.05) is 11.7 Å². The predicted octanol–water partition coefficient (Wildman–Crippen LogP) is 3.94. The maximum atomic E-state index is 8.79. The van der Waals surface area contributed by atoms with Gasteiger partial charge in [-0.1, -0.05) is 32.3 Å². The van der Waals surface area contributed by atoms with E-state index in [2.05, 4.69) is 25.2 Å². The van der Waals surface area contributed by atoms with Crippen LogP contribution in [0.15, 0.2) is 24.3 Å². The van der Waals surface area contributed by atoms with Gasteiger partial charge in [-0.25, -0.2) is 0 Å². The lowest BCUT2D eigenvalue weighted by Gasteiger charge is -2.15.